The molecular weight excluding hydrogens is 263 g/mol. The number of likely N-dealkylation sites (tertiary alicyclic amines) is 1. The molecular formula is C14H13FN2OS. The molecule has 2 heterocycles. The van der Waals surface area contributed by atoms with E-state index in [2.05, 4.69) is 4.98 Å². The Hall–Kier alpha value is -1.75. The van der Waals surface area contributed by atoms with Gasteiger partial charge < -0.3 is 4.90 Å². The highest BCUT2D eigenvalue weighted by Gasteiger charge is 2.21. The van der Waals surface area contributed by atoms with E-state index in [1.165, 1.54) is 23.5 Å². The third-order valence-electron chi connectivity index (χ3n) is 3.18. The molecule has 0 aliphatic carbocycles. The van der Waals surface area contributed by atoms with Crippen LogP contribution in [-0.4, -0.2) is 28.9 Å². The second kappa shape index (κ2) is 5.09. The van der Waals surface area contributed by atoms with E-state index in [0.29, 0.717) is 15.4 Å². The van der Waals surface area contributed by atoms with Crippen molar-refractivity contribution in [2.45, 2.75) is 12.8 Å². The quantitative estimate of drug-likeness (QED) is 0.844. The van der Waals surface area contributed by atoms with Crippen LogP contribution in [0.4, 0.5) is 4.39 Å². The van der Waals surface area contributed by atoms with Crippen LogP contribution >= 0.6 is 11.3 Å². The number of benzene rings is 1. The summed E-state index contributed by atoms with van der Waals surface area (Å²) in [5, 5.41) is 0.682. The van der Waals surface area contributed by atoms with Gasteiger partial charge in [-0.1, -0.05) is 12.1 Å². The molecule has 2 aromatic rings. The smallest absolute Gasteiger partial charge is 0.265 e. The highest BCUT2D eigenvalue weighted by Crippen LogP contribution is 2.27. The van der Waals surface area contributed by atoms with Gasteiger partial charge in [0, 0.05) is 18.7 Å². The lowest BCUT2D eigenvalue weighted by molar-refractivity contribution is 0.0797. The fourth-order valence-corrected chi connectivity index (χ4v) is 3.08. The van der Waals surface area contributed by atoms with Gasteiger partial charge in [-0.25, -0.2) is 9.37 Å². The van der Waals surface area contributed by atoms with Crippen molar-refractivity contribution in [2.75, 3.05) is 13.1 Å². The summed E-state index contributed by atoms with van der Waals surface area (Å²) >= 11 is 1.32. The van der Waals surface area contributed by atoms with E-state index in [1.54, 1.807) is 18.3 Å². The Morgan fingerprint density at radius 3 is 2.84 bits per heavy atom. The third kappa shape index (κ3) is 2.51. The summed E-state index contributed by atoms with van der Waals surface area (Å²) in [6, 6.07) is 6.27. The maximum Gasteiger partial charge on any atom is 0.265 e. The van der Waals surface area contributed by atoms with Gasteiger partial charge >= 0.3 is 0 Å². The van der Waals surface area contributed by atoms with Crippen molar-refractivity contribution < 1.29 is 9.18 Å². The van der Waals surface area contributed by atoms with E-state index in [9.17, 15) is 9.18 Å². The number of thiazole rings is 1. The fraction of sp³-hybridized carbons (Fsp3) is 0.286. The molecule has 3 rings (SSSR count). The molecule has 0 N–H and O–H groups in total. The van der Waals surface area contributed by atoms with Gasteiger partial charge in [-0.2, -0.15) is 0 Å². The SMILES string of the molecule is O=C(c1cnc(-c2cccc(F)c2)s1)N1CCCC1. The van der Waals surface area contributed by atoms with Gasteiger partial charge in [0.05, 0.1) is 6.20 Å². The zero-order chi connectivity index (χ0) is 13.2. The predicted octanol–water partition coefficient (Wildman–Crippen LogP) is 3.19. The lowest BCUT2D eigenvalue weighted by Crippen LogP contribution is -2.26. The van der Waals surface area contributed by atoms with Crippen LogP contribution in [0.2, 0.25) is 0 Å². The Morgan fingerprint density at radius 2 is 2.11 bits per heavy atom. The number of halogens is 1. The monoisotopic (exact) mass is 276 g/mol. The Balaban J connectivity index is 1.85. The summed E-state index contributed by atoms with van der Waals surface area (Å²) in [5.74, 6) is -0.252. The predicted molar refractivity (Wildman–Crippen MR) is 72.6 cm³/mol. The highest BCUT2D eigenvalue weighted by atomic mass is 32.1. The number of aromatic nitrogens is 1. The lowest BCUT2D eigenvalue weighted by atomic mass is 10.2. The van der Waals surface area contributed by atoms with Gasteiger partial charge in [-0.05, 0) is 25.0 Å². The second-order valence-electron chi connectivity index (χ2n) is 4.54. The Bertz CT molecular complexity index is 605. The van der Waals surface area contributed by atoms with Crippen LogP contribution in [0.3, 0.4) is 0 Å². The molecule has 1 aromatic carbocycles. The van der Waals surface area contributed by atoms with E-state index in [-0.39, 0.29) is 11.7 Å². The maximum atomic E-state index is 13.2. The molecule has 1 aromatic heterocycles. The number of carbonyl (C=O) groups excluding carboxylic acids is 1. The van der Waals surface area contributed by atoms with Crippen LogP contribution < -0.4 is 0 Å². The summed E-state index contributed by atoms with van der Waals surface area (Å²) in [7, 11) is 0. The van der Waals surface area contributed by atoms with Crippen LogP contribution in [0.25, 0.3) is 10.6 Å². The Labute approximate surface area is 114 Å². The molecule has 0 atom stereocenters. The Kier molecular flexibility index (Phi) is 3.29. The van der Waals surface area contributed by atoms with E-state index >= 15 is 0 Å². The standard InChI is InChI=1S/C14H13FN2OS/c15-11-5-3-4-10(8-11)13-16-9-12(19-13)14(18)17-6-1-2-7-17/h3-5,8-9H,1-2,6-7H2. The number of amides is 1. The first kappa shape index (κ1) is 12.3. The van der Waals surface area contributed by atoms with Crippen LogP contribution in [0.1, 0.15) is 22.5 Å². The van der Waals surface area contributed by atoms with Gasteiger partial charge in [-0.3, -0.25) is 4.79 Å². The molecule has 0 radical (unpaired) electrons. The minimum atomic E-state index is -0.292. The molecule has 1 amide bonds. The van der Waals surface area contributed by atoms with Crippen molar-refractivity contribution >= 4 is 17.2 Å². The van der Waals surface area contributed by atoms with Crippen LogP contribution in [0.5, 0.6) is 0 Å². The molecule has 0 spiro atoms. The van der Waals surface area contributed by atoms with Crippen LogP contribution in [0.15, 0.2) is 30.5 Å². The first-order valence-electron chi connectivity index (χ1n) is 6.25. The van der Waals surface area contributed by atoms with E-state index < -0.39 is 0 Å². The number of carbonyl (C=O) groups is 1. The van der Waals surface area contributed by atoms with Gasteiger partial charge in [0.25, 0.3) is 5.91 Å². The first-order valence-corrected chi connectivity index (χ1v) is 7.07. The van der Waals surface area contributed by atoms with Crippen molar-refractivity contribution in [3.05, 3.63) is 41.2 Å². The normalized spacial score (nSPS) is 14.9. The van der Waals surface area contributed by atoms with Gasteiger partial charge in [0.2, 0.25) is 0 Å². The van der Waals surface area contributed by atoms with Crippen molar-refractivity contribution in [3.8, 4) is 10.6 Å². The highest BCUT2D eigenvalue weighted by molar-refractivity contribution is 7.16. The maximum absolute atomic E-state index is 13.2. The van der Waals surface area contributed by atoms with Gasteiger partial charge in [0.15, 0.2) is 0 Å². The number of nitrogens with zero attached hydrogens (tertiary/aromatic N) is 2. The van der Waals surface area contributed by atoms with Gasteiger partial charge in [0.1, 0.15) is 15.7 Å². The van der Waals surface area contributed by atoms with Crippen LogP contribution in [-0.2, 0) is 0 Å². The molecule has 0 unspecified atom stereocenters. The van der Waals surface area contributed by atoms with E-state index in [4.69, 9.17) is 0 Å². The Morgan fingerprint density at radius 1 is 1.32 bits per heavy atom. The summed E-state index contributed by atoms with van der Waals surface area (Å²) in [6.45, 7) is 1.65. The van der Waals surface area contributed by atoms with Crippen molar-refractivity contribution in [3.63, 3.8) is 0 Å². The number of hydrogen-bond acceptors (Lipinski definition) is 3. The average molecular weight is 276 g/mol. The summed E-state index contributed by atoms with van der Waals surface area (Å²) in [6.07, 6.45) is 3.73. The fourth-order valence-electron chi connectivity index (χ4n) is 2.20. The average Bonchev–Trinajstić information content (AvgIpc) is 3.10. The van der Waals surface area contributed by atoms with E-state index in [0.717, 1.165) is 25.9 Å². The van der Waals surface area contributed by atoms with Crippen molar-refractivity contribution in [1.29, 1.82) is 0 Å². The third-order valence-corrected chi connectivity index (χ3v) is 4.22. The molecule has 0 bridgehead atoms. The zero-order valence-electron chi connectivity index (χ0n) is 10.3. The molecule has 98 valence electrons. The van der Waals surface area contributed by atoms with Crippen molar-refractivity contribution in [1.82, 2.24) is 9.88 Å². The molecule has 3 nitrogen and oxygen atoms in total. The zero-order valence-corrected chi connectivity index (χ0v) is 11.1. The molecule has 1 aliphatic heterocycles. The van der Waals surface area contributed by atoms with E-state index in [1.807, 2.05) is 4.90 Å². The molecule has 1 aliphatic rings. The molecule has 5 heteroatoms. The largest absolute Gasteiger partial charge is 0.338 e. The van der Waals surface area contributed by atoms with Gasteiger partial charge in [-0.15, -0.1) is 11.3 Å². The summed E-state index contributed by atoms with van der Waals surface area (Å²) < 4.78 is 13.2. The second-order valence-corrected chi connectivity index (χ2v) is 5.57. The first-order chi connectivity index (χ1) is 9.24. The van der Waals surface area contributed by atoms with Crippen molar-refractivity contribution in [2.24, 2.45) is 0 Å². The van der Waals surface area contributed by atoms with Crippen LogP contribution in [0, 0.1) is 5.82 Å². The number of rotatable bonds is 2. The molecule has 19 heavy (non-hydrogen) atoms. The minimum Gasteiger partial charge on any atom is -0.338 e. The molecule has 1 fully saturated rings. The number of hydrogen-bond donors (Lipinski definition) is 0. The summed E-state index contributed by atoms with van der Waals surface area (Å²) in [5.41, 5.74) is 0.713. The lowest BCUT2D eigenvalue weighted by Gasteiger charge is -2.12. The minimum absolute atomic E-state index is 0.0395. The summed E-state index contributed by atoms with van der Waals surface area (Å²) in [4.78, 5) is 18.9. The molecule has 0 saturated carbocycles. The topological polar surface area (TPSA) is 33.2 Å². The molecule has 1 saturated heterocycles.